The Morgan fingerprint density at radius 1 is 0.676 bits per heavy atom. The first-order valence-electron chi connectivity index (χ1n) is 25.4. The van der Waals surface area contributed by atoms with Gasteiger partial charge in [-0.05, 0) is 116 Å². The van der Waals surface area contributed by atoms with Crippen molar-refractivity contribution in [2.75, 3.05) is 63.4 Å². The summed E-state index contributed by atoms with van der Waals surface area (Å²) in [5.74, 6) is -0.354. The number of carbonyl (C=O) groups is 5. The summed E-state index contributed by atoms with van der Waals surface area (Å²) in [6.45, 7) is 20.5. The molecular weight excluding hydrogens is 1050 g/mol. The van der Waals surface area contributed by atoms with Gasteiger partial charge in [0.15, 0.2) is 0 Å². The summed E-state index contributed by atoms with van der Waals surface area (Å²) >= 11 is -2.45. The van der Waals surface area contributed by atoms with Crippen LogP contribution in [-0.2, 0) is 19.1 Å². The molecule has 0 unspecified atom stereocenters. The van der Waals surface area contributed by atoms with Crippen LogP contribution in [-0.4, -0.2) is 144 Å². The van der Waals surface area contributed by atoms with Gasteiger partial charge in [-0.25, -0.2) is 9.59 Å². The summed E-state index contributed by atoms with van der Waals surface area (Å²) in [7, 11) is 3.58. The van der Waals surface area contributed by atoms with Crippen molar-refractivity contribution in [3.05, 3.63) is 70.1 Å². The minimum Gasteiger partial charge on any atom is -0.444 e. The normalized spacial score (nSPS) is 16.8. The first-order valence-corrected chi connectivity index (χ1v) is 32.8. The third kappa shape index (κ3) is 17.1. The Bertz CT molecular complexity index is 2200. The van der Waals surface area contributed by atoms with E-state index in [1.165, 1.54) is 51.8 Å². The van der Waals surface area contributed by atoms with E-state index in [1.807, 2.05) is 65.8 Å². The van der Waals surface area contributed by atoms with Gasteiger partial charge in [-0.3, -0.25) is 14.4 Å². The van der Waals surface area contributed by atoms with Gasteiger partial charge in [0.1, 0.15) is 22.3 Å². The van der Waals surface area contributed by atoms with Crippen LogP contribution in [0.4, 0.5) is 21.0 Å². The second kappa shape index (κ2) is 29.0. The number of ether oxygens (including phenoxy) is 2. The monoisotopic (exact) mass is 1140 g/mol. The third-order valence-corrected chi connectivity index (χ3v) is 26.2. The van der Waals surface area contributed by atoms with Gasteiger partial charge in [-0.15, -0.1) is 0 Å². The predicted molar refractivity (Wildman–Crippen MR) is 300 cm³/mol. The molecule has 414 valence electrons. The molecule has 2 aromatic carbocycles. The smallest absolute Gasteiger partial charge is 0.410 e. The fourth-order valence-electron chi connectivity index (χ4n) is 9.82. The molecule has 4 saturated heterocycles. The largest absolute Gasteiger partial charge is 0.444 e. The molecule has 0 atom stereocenters. The van der Waals surface area contributed by atoms with E-state index >= 15 is 0 Å². The average molecular weight is 1140 g/mol. The summed E-state index contributed by atoms with van der Waals surface area (Å²) < 4.78 is 19.1. The Morgan fingerprint density at radius 3 is 1.30 bits per heavy atom. The van der Waals surface area contributed by atoms with Crippen molar-refractivity contribution in [3.63, 3.8) is 0 Å². The third-order valence-electron chi connectivity index (χ3n) is 13.7. The molecule has 0 aliphatic carbocycles. The predicted octanol–water partition coefficient (Wildman–Crippen LogP) is 11.9. The van der Waals surface area contributed by atoms with Crippen LogP contribution in [0.2, 0.25) is 13.3 Å². The standard InChI is InChI=1S/C20H28N4O4.C20H26N4O3.3C4H9.3CH4.N3.Sn/c1-19(2,3)28-18(27)23-11-9-20(10-12-23)17(26)22(4)13-24(20)15-7-5-14(6-8-15)16(21)25;1-19(2,3)27-18(26)23-11-9-20(10-12-23)17(25)22(4)14-24(20)16-7-5-15(13-21)6-8-16;3*1-3-4-2;;;;1-3-2;/h5-8H,9-13H2,1-4H3,(H2,21,25);5-8H,9-12,14H2,1-4H3;3*1,3-4H2,2H3;3*1H4;;/q;;;;;;;;-1;+1. The molecule has 5 amide bonds. The molecule has 2 aromatic rings. The van der Waals surface area contributed by atoms with E-state index in [-0.39, 0.29) is 46.3 Å². The molecule has 4 heterocycles. The van der Waals surface area contributed by atoms with Crippen molar-refractivity contribution in [1.29, 1.82) is 5.26 Å². The van der Waals surface area contributed by atoms with Crippen LogP contribution in [0.25, 0.3) is 10.4 Å². The van der Waals surface area contributed by atoms with E-state index in [9.17, 15) is 24.0 Å². The number of likely N-dealkylation sites (tertiary alicyclic amines) is 2. The molecule has 0 aromatic heterocycles. The zero-order valence-electron chi connectivity index (χ0n) is 44.5. The number of unbranched alkanes of at least 4 members (excludes halogenated alkanes) is 3. The molecule has 0 radical (unpaired) electrons. The minimum absolute atomic E-state index is 0. The molecule has 19 heteroatoms. The second-order valence-corrected chi connectivity index (χ2v) is 33.3. The number of rotatable bonds is 13. The number of nitrogens with two attached hydrogens (primary N) is 1. The van der Waals surface area contributed by atoms with Crippen molar-refractivity contribution < 1.29 is 33.4 Å². The Kier molecular flexibility index (Phi) is 26.1. The van der Waals surface area contributed by atoms with E-state index in [2.05, 4.69) is 44.9 Å². The second-order valence-electron chi connectivity index (χ2n) is 21.4. The van der Waals surface area contributed by atoms with E-state index in [1.54, 1.807) is 58.0 Å². The number of piperidine rings is 2. The number of anilines is 2. The van der Waals surface area contributed by atoms with E-state index in [4.69, 9.17) is 26.0 Å². The zero-order chi connectivity index (χ0) is 52.8. The maximum absolute atomic E-state index is 13.0. The summed E-state index contributed by atoms with van der Waals surface area (Å²) in [5.41, 5.74) is 14.5. The summed E-state index contributed by atoms with van der Waals surface area (Å²) in [6, 6.07) is 16.4. The van der Waals surface area contributed by atoms with Crippen molar-refractivity contribution in [1.82, 2.24) is 19.6 Å². The Morgan fingerprint density at radius 2 is 1.01 bits per heavy atom. The van der Waals surface area contributed by atoms with Gasteiger partial charge in [0.25, 0.3) is 0 Å². The zero-order valence-corrected chi connectivity index (χ0v) is 47.3. The van der Waals surface area contributed by atoms with Crippen molar-refractivity contribution >= 4 is 59.9 Å². The fourth-order valence-corrected chi connectivity index (χ4v) is 22.0. The maximum Gasteiger partial charge on any atom is 0.410 e. The summed E-state index contributed by atoms with van der Waals surface area (Å²) in [5, 5.41) is 9.01. The number of benzene rings is 2. The quantitative estimate of drug-likeness (QED) is 0.0864. The number of carbonyl (C=O) groups excluding carboxylic acids is 5. The van der Waals surface area contributed by atoms with Gasteiger partial charge >= 0.3 is 117 Å². The van der Waals surface area contributed by atoms with Gasteiger partial charge in [0.2, 0.25) is 17.7 Å². The fraction of sp³-hybridized carbons (Fsp3) is 0.673. The van der Waals surface area contributed by atoms with Gasteiger partial charge < -0.3 is 44.6 Å². The van der Waals surface area contributed by atoms with Gasteiger partial charge in [0, 0.05) is 57.2 Å². The number of nitrogens with zero attached hydrogens (tertiary/aromatic N) is 10. The number of hydrogen-bond donors (Lipinski definition) is 1. The molecule has 0 saturated carbocycles. The Balaban J connectivity index is 0.000000565. The number of primary amides is 1. The van der Waals surface area contributed by atoms with Crippen LogP contribution in [0.3, 0.4) is 0 Å². The SMILES string of the molecule is C.C.C.CCC[CH2][Sn]([CH2]CCC)([CH2]CCC)[N]=[N+]=[N-].CN1CN(c2ccc(C#N)cc2)C2(CCN(C(=O)OC(C)(C)C)CC2)C1=O.CN1CN(c2ccc(C(N)=O)cc2)C2(CCN(C(=O)OC(C)(C)C)CC2)C1=O. The molecule has 74 heavy (non-hydrogen) atoms. The van der Waals surface area contributed by atoms with Crippen molar-refractivity contribution in [3.8, 4) is 6.07 Å². The molecular formula is C55H93N11O7Sn. The maximum atomic E-state index is 13.0. The molecule has 2 N–H and O–H groups in total. The first kappa shape index (κ1) is 66.6. The number of azide groups is 1. The first-order chi connectivity index (χ1) is 33.4. The van der Waals surface area contributed by atoms with Crippen LogP contribution < -0.4 is 15.5 Å². The summed E-state index contributed by atoms with van der Waals surface area (Å²) in [4.78, 5) is 76.2. The van der Waals surface area contributed by atoms with Crippen LogP contribution in [0.15, 0.2) is 51.9 Å². The minimum atomic E-state index is -2.45. The summed E-state index contributed by atoms with van der Waals surface area (Å²) in [6.07, 6.45) is 8.96. The van der Waals surface area contributed by atoms with Crippen LogP contribution in [0.1, 0.15) is 165 Å². The van der Waals surface area contributed by atoms with E-state index < -0.39 is 46.8 Å². The molecule has 6 rings (SSSR count). The number of hydrogen-bond acceptors (Lipinski definition) is 11. The molecule has 0 bridgehead atoms. The molecule has 4 aliphatic heterocycles. The van der Waals surface area contributed by atoms with E-state index in [0.717, 1.165) is 11.4 Å². The molecule has 4 aliphatic rings. The van der Waals surface area contributed by atoms with Crippen molar-refractivity contribution in [2.45, 2.75) is 184 Å². The van der Waals surface area contributed by atoms with Crippen LogP contribution in [0.5, 0.6) is 0 Å². The van der Waals surface area contributed by atoms with Crippen LogP contribution in [0, 0.1) is 11.3 Å². The Hall–Kier alpha value is -5.41. The Labute approximate surface area is 449 Å². The van der Waals surface area contributed by atoms with Gasteiger partial charge in [0.05, 0.1) is 25.0 Å². The number of likely N-dealkylation sites (N-methyl/N-ethyl adjacent to an activating group) is 2. The molecule has 4 fully saturated rings. The van der Waals surface area contributed by atoms with Crippen LogP contribution >= 0.6 is 0 Å². The topological polar surface area (TPSA) is 222 Å². The number of nitriles is 1. The van der Waals surface area contributed by atoms with E-state index in [0.29, 0.717) is 76.3 Å². The number of amides is 5. The van der Waals surface area contributed by atoms with Gasteiger partial charge in [-0.1, -0.05) is 22.3 Å². The van der Waals surface area contributed by atoms with Gasteiger partial charge in [-0.2, -0.15) is 5.26 Å². The average Bonchev–Trinajstić information content (AvgIpc) is 3.71. The van der Waals surface area contributed by atoms with Crippen molar-refractivity contribution in [2.24, 2.45) is 9.07 Å². The molecule has 18 nitrogen and oxygen atoms in total. The molecule has 2 spiro atoms.